The fourth-order valence-electron chi connectivity index (χ4n) is 3.20. The van der Waals surface area contributed by atoms with Gasteiger partial charge in [0.2, 0.25) is 11.8 Å². The lowest BCUT2D eigenvalue weighted by atomic mass is 9.83. The summed E-state index contributed by atoms with van der Waals surface area (Å²) in [7, 11) is 0. The predicted octanol–water partition coefficient (Wildman–Crippen LogP) is 1.17. The first-order valence-electron chi connectivity index (χ1n) is 9.43. The lowest BCUT2D eigenvalue weighted by Gasteiger charge is -2.33. The number of rotatable bonds is 8. The summed E-state index contributed by atoms with van der Waals surface area (Å²) in [5, 5.41) is 5.54. The van der Waals surface area contributed by atoms with Gasteiger partial charge in [-0.3, -0.25) is 14.9 Å². The number of unbranched alkanes of at least 4 members (excludes halogenated alkanes) is 1. The van der Waals surface area contributed by atoms with E-state index in [1.165, 1.54) is 0 Å². The van der Waals surface area contributed by atoms with Crippen LogP contribution in [0.4, 0.5) is 4.79 Å². The maximum atomic E-state index is 12.6. The molecule has 6 N–H and O–H groups in total. The molecular weight excluding hydrogens is 336 g/mol. The highest BCUT2D eigenvalue weighted by Crippen LogP contribution is 2.25. The number of imide groups is 1. The van der Waals surface area contributed by atoms with Crippen molar-refractivity contribution in [3.05, 3.63) is 0 Å². The molecule has 8 heteroatoms. The third-order valence-corrected chi connectivity index (χ3v) is 4.43. The molecule has 1 rings (SSSR count). The molecule has 1 aliphatic rings. The average molecular weight is 370 g/mol. The Morgan fingerprint density at radius 3 is 2.38 bits per heavy atom. The Kier molecular flexibility index (Phi) is 9.01. The maximum Gasteiger partial charge on any atom is 0.414 e. The second-order valence-electron chi connectivity index (χ2n) is 7.89. The van der Waals surface area contributed by atoms with Crippen molar-refractivity contribution in [1.29, 1.82) is 0 Å². The maximum absolute atomic E-state index is 12.6. The molecule has 1 saturated carbocycles. The molecule has 0 aromatic heterocycles. The first-order valence-corrected chi connectivity index (χ1v) is 9.43. The van der Waals surface area contributed by atoms with Crippen LogP contribution in [0.25, 0.3) is 0 Å². The number of primary amides is 1. The highest BCUT2D eigenvalue weighted by molar-refractivity contribution is 5.95. The van der Waals surface area contributed by atoms with E-state index in [1.54, 1.807) is 20.8 Å². The van der Waals surface area contributed by atoms with Gasteiger partial charge in [0.1, 0.15) is 5.60 Å². The molecule has 0 aliphatic heterocycles. The van der Waals surface area contributed by atoms with E-state index in [-0.39, 0.29) is 17.9 Å². The summed E-state index contributed by atoms with van der Waals surface area (Å²) in [6, 6.07) is -0.757. The molecule has 0 saturated heterocycles. The van der Waals surface area contributed by atoms with Crippen LogP contribution in [0.15, 0.2) is 0 Å². The van der Waals surface area contributed by atoms with Crippen LogP contribution in [-0.2, 0) is 14.3 Å². The van der Waals surface area contributed by atoms with Gasteiger partial charge >= 0.3 is 6.09 Å². The summed E-state index contributed by atoms with van der Waals surface area (Å²) >= 11 is 0. The Bertz CT molecular complexity index is 490. The van der Waals surface area contributed by atoms with Crippen LogP contribution in [0, 0.1) is 5.92 Å². The molecule has 26 heavy (non-hydrogen) atoms. The molecule has 2 unspecified atom stereocenters. The van der Waals surface area contributed by atoms with Gasteiger partial charge in [0.15, 0.2) is 0 Å². The van der Waals surface area contributed by atoms with Gasteiger partial charge in [0, 0.05) is 6.04 Å². The van der Waals surface area contributed by atoms with Gasteiger partial charge in [0.05, 0.1) is 12.0 Å². The quantitative estimate of drug-likeness (QED) is 0.473. The number of hydrogen-bond donors (Lipinski definition) is 4. The Morgan fingerprint density at radius 1 is 1.15 bits per heavy atom. The van der Waals surface area contributed by atoms with Crippen molar-refractivity contribution < 1.29 is 19.1 Å². The summed E-state index contributed by atoms with van der Waals surface area (Å²) in [4.78, 5) is 36.2. The van der Waals surface area contributed by atoms with Gasteiger partial charge < -0.3 is 21.5 Å². The van der Waals surface area contributed by atoms with Gasteiger partial charge in [0.25, 0.3) is 0 Å². The van der Waals surface area contributed by atoms with Gasteiger partial charge in [-0.15, -0.1) is 0 Å². The van der Waals surface area contributed by atoms with Crippen LogP contribution >= 0.6 is 0 Å². The summed E-state index contributed by atoms with van der Waals surface area (Å²) in [5.41, 5.74) is 10.4. The molecule has 0 spiro atoms. The largest absolute Gasteiger partial charge is 0.444 e. The minimum atomic E-state index is -0.775. The Morgan fingerprint density at radius 2 is 1.81 bits per heavy atom. The molecule has 3 amide bonds. The minimum absolute atomic E-state index is 0.159. The van der Waals surface area contributed by atoms with Gasteiger partial charge in [-0.25, -0.2) is 4.79 Å². The van der Waals surface area contributed by atoms with E-state index in [2.05, 4.69) is 10.6 Å². The van der Waals surface area contributed by atoms with Crippen LogP contribution < -0.4 is 22.1 Å². The molecule has 0 bridgehead atoms. The lowest BCUT2D eigenvalue weighted by molar-refractivity contribution is -0.126. The van der Waals surface area contributed by atoms with Crippen molar-refractivity contribution in [2.75, 3.05) is 6.54 Å². The zero-order chi connectivity index (χ0) is 19.7. The average Bonchev–Trinajstić information content (AvgIpc) is 2.52. The smallest absolute Gasteiger partial charge is 0.414 e. The van der Waals surface area contributed by atoms with Crippen LogP contribution in [0.3, 0.4) is 0 Å². The van der Waals surface area contributed by atoms with Gasteiger partial charge in [-0.2, -0.15) is 0 Å². The standard InChI is InChI=1S/C18H34N4O4/c1-18(2,3)26-17(25)22-16(24)14(10-6-7-11-19)21-13-9-5-4-8-12(13)15(20)23/h12-14,21H,4-11,19H2,1-3H3,(H2,20,23)(H,22,24,25)/t12?,13?,14-/m0/s1. The summed E-state index contributed by atoms with van der Waals surface area (Å²) < 4.78 is 5.14. The van der Waals surface area contributed by atoms with E-state index in [0.29, 0.717) is 13.0 Å². The number of carbonyl (C=O) groups is 3. The second-order valence-corrected chi connectivity index (χ2v) is 7.89. The molecule has 0 aromatic rings. The Labute approximate surface area is 155 Å². The molecule has 0 heterocycles. The fraction of sp³-hybridized carbons (Fsp3) is 0.833. The van der Waals surface area contributed by atoms with Crippen LogP contribution in [0.1, 0.15) is 65.7 Å². The van der Waals surface area contributed by atoms with E-state index < -0.39 is 23.6 Å². The summed E-state index contributed by atoms with van der Waals surface area (Å²) in [6.07, 6.45) is 4.69. The van der Waals surface area contributed by atoms with Crippen molar-refractivity contribution in [3.8, 4) is 0 Å². The van der Waals surface area contributed by atoms with Crippen molar-refractivity contribution >= 4 is 17.9 Å². The molecule has 8 nitrogen and oxygen atoms in total. The zero-order valence-corrected chi connectivity index (χ0v) is 16.2. The fourth-order valence-corrected chi connectivity index (χ4v) is 3.20. The molecule has 0 aromatic carbocycles. The minimum Gasteiger partial charge on any atom is -0.444 e. The third kappa shape index (κ3) is 8.14. The highest BCUT2D eigenvalue weighted by atomic mass is 16.6. The van der Waals surface area contributed by atoms with Crippen molar-refractivity contribution in [3.63, 3.8) is 0 Å². The van der Waals surface area contributed by atoms with Crippen molar-refractivity contribution in [1.82, 2.24) is 10.6 Å². The van der Waals surface area contributed by atoms with E-state index in [1.807, 2.05) is 0 Å². The van der Waals surface area contributed by atoms with Crippen molar-refractivity contribution in [2.24, 2.45) is 17.4 Å². The number of nitrogens with two attached hydrogens (primary N) is 2. The van der Waals surface area contributed by atoms with Gasteiger partial charge in [-0.1, -0.05) is 19.3 Å². The SMILES string of the molecule is CC(C)(C)OC(=O)NC(=O)[C@H](CCCCN)NC1CCCCC1C(N)=O. The molecule has 150 valence electrons. The number of carbonyl (C=O) groups excluding carboxylic acids is 3. The molecular formula is C18H34N4O4. The van der Waals surface area contributed by atoms with E-state index >= 15 is 0 Å². The number of hydrogen-bond acceptors (Lipinski definition) is 6. The highest BCUT2D eigenvalue weighted by Gasteiger charge is 2.33. The summed E-state index contributed by atoms with van der Waals surface area (Å²) in [5.74, 6) is -1.10. The number of alkyl carbamates (subject to hydrolysis) is 1. The van der Waals surface area contributed by atoms with E-state index in [9.17, 15) is 14.4 Å². The van der Waals surface area contributed by atoms with E-state index in [0.717, 1.165) is 38.5 Å². The third-order valence-electron chi connectivity index (χ3n) is 4.43. The zero-order valence-electron chi connectivity index (χ0n) is 16.2. The second kappa shape index (κ2) is 10.5. The number of ether oxygens (including phenoxy) is 1. The first kappa shape index (κ1) is 22.4. The Hall–Kier alpha value is -1.67. The van der Waals surface area contributed by atoms with E-state index in [4.69, 9.17) is 16.2 Å². The van der Waals surface area contributed by atoms with Crippen LogP contribution in [0.2, 0.25) is 0 Å². The monoisotopic (exact) mass is 370 g/mol. The molecule has 0 radical (unpaired) electrons. The van der Waals surface area contributed by atoms with Gasteiger partial charge in [-0.05, 0) is 53.0 Å². The summed E-state index contributed by atoms with van der Waals surface area (Å²) in [6.45, 7) is 5.72. The number of nitrogens with one attached hydrogen (secondary N) is 2. The molecule has 1 aliphatic carbocycles. The van der Waals surface area contributed by atoms with Crippen LogP contribution in [0.5, 0.6) is 0 Å². The molecule has 3 atom stereocenters. The number of amides is 3. The topological polar surface area (TPSA) is 137 Å². The lowest BCUT2D eigenvalue weighted by Crippen LogP contribution is -2.54. The predicted molar refractivity (Wildman–Crippen MR) is 99.1 cm³/mol. The van der Waals surface area contributed by atoms with Crippen LogP contribution in [-0.4, -0.2) is 42.1 Å². The van der Waals surface area contributed by atoms with Crippen molar-refractivity contribution in [2.45, 2.75) is 83.4 Å². The first-order chi connectivity index (χ1) is 12.1. The normalized spacial score (nSPS) is 21.7. The Balaban J connectivity index is 2.74. The molecule has 1 fully saturated rings.